The fourth-order valence-corrected chi connectivity index (χ4v) is 3.91. The van der Waals surface area contributed by atoms with Gasteiger partial charge in [-0.1, -0.05) is 46.9 Å². The van der Waals surface area contributed by atoms with Crippen LogP contribution in [0.5, 0.6) is 5.75 Å². The summed E-state index contributed by atoms with van der Waals surface area (Å²) in [4.78, 5) is 39.4. The maximum Gasteiger partial charge on any atom is 0.283 e. The van der Waals surface area contributed by atoms with E-state index >= 15 is 0 Å². The van der Waals surface area contributed by atoms with Gasteiger partial charge >= 0.3 is 0 Å². The Kier molecular flexibility index (Phi) is 6.52. The number of hydrogen-bond acceptors (Lipinski definition) is 5. The molecule has 0 aromatic heterocycles. The monoisotopic (exact) mass is 515 g/mol. The lowest BCUT2D eigenvalue weighted by Gasteiger charge is -2.18. The molecule has 0 atom stereocenters. The number of nitrogens with zero attached hydrogens (tertiary/aromatic N) is 1. The summed E-state index contributed by atoms with van der Waals surface area (Å²) < 4.78 is 0. The minimum absolute atomic E-state index is 0.129. The average molecular weight is 517 g/mol. The molecular formula is C24H16Cl3N3O4. The summed E-state index contributed by atoms with van der Waals surface area (Å²) in [6, 6.07) is 15.4. The Bertz CT molecular complexity index is 1390. The van der Waals surface area contributed by atoms with Crippen molar-refractivity contribution in [2.45, 2.75) is 6.92 Å². The van der Waals surface area contributed by atoms with Gasteiger partial charge in [-0.15, -0.1) is 0 Å². The molecule has 0 saturated carbocycles. The summed E-state index contributed by atoms with van der Waals surface area (Å²) >= 11 is 18.3. The van der Waals surface area contributed by atoms with E-state index in [4.69, 9.17) is 34.8 Å². The fraction of sp³-hybridized carbons (Fsp3) is 0.0417. The van der Waals surface area contributed by atoms with Crippen molar-refractivity contribution < 1.29 is 19.5 Å². The van der Waals surface area contributed by atoms with E-state index < -0.39 is 17.7 Å². The topological polar surface area (TPSA) is 98.7 Å². The second-order valence-corrected chi connectivity index (χ2v) is 8.56. The summed E-state index contributed by atoms with van der Waals surface area (Å²) in [5.74, 6) is -2.01. The van der Waals surface area contributed by atoms with Gasteiger partial charge in [0.05, 0.1) is 11.4 Å². The second kappa shape index (κ2) is 9.38. The van der Waals surface area contributed by atoms with Crippen molar-refractivity contribution in [2.75, 3.05) is 15.5 Å². The molecule has 1 aliphatic heterocycles. The minimum atomic E-state index is -0.690. The Hall–Kier alpha value is -3.52. The third-order valence-electron chi connectivity index (χ3n) is 5.11. The summed E-state index contributed by atoms with van der Waals surface area (Å²) in [6.07, 6.45) is 0. The van der Waals surface area contributed by atoms with E-state index in [-0.39, 0.29) is 27.7 Å². The number of carbonyl (C=O) groups excluding carboxylic acids is 3. The zero-order valence-corrected chi connectivity index (χ0v) is 19.8. The van der Waals surface area contributed by atoms with Crippen LogP contribution in [-0.4, -0.2) is 22.8 Å². The van der Waals surface area contributed by atoms with Gasteiger partial charge in [-0.3, -0.25) is 14.4 Å². The van der Waals surface area contributed by atoms with E-state index in [2.05, 4.69) is 10.6 Å². The van der Waals surface area contributed by atoms with E-state index in [1.54, 1.807) is 43.3 Å². The van der Waals surface area contributed by atoms with Gasteiger partial charge in [-0.2, -0.15) is 0 Å². The second-order valence-electron chi connectivity index (χ2n) is 7.34. The quantitative estimate of drug-likeness (QED) is 0.299. The average Bonchev–Trinajstić information content (AvgIpc) is 3.01. The summed E-state index contributed by atoms with van der Waals surface area (Å²) in [5, 5.41) is 15.8. The first-order valence-electron chi connectivity index (χ1n) is 9.88. The highest BCUT2D eigenvalue weighted by Gasteiger charge is 2.39. The number of carbonyl (C=O) groups is 3. The lowest BCUT2D eigenvalue weighted by Crippen LogP contribution is -2.32. The van der Waals surface area contributed by atoms with Gasteiger partial charge in [-0.25, -0.2) is 4.90 Å². The molecule has 3 N–H and O–H groups in total. The molecule has 3 amide bonds. The van der Waals surface area contributed by atoms with Gasteiger partial charge in [0, 0.05) is 21.3 Å². The van der Waals surface area contributed by atoms with Crippen molar-refractivity contribution in [3.8, 4) is 5.75 Å². The molecule has 0 aliphatic carbocycles. The molecule has 0 saturated heterocycles. The van der Waals surface area contributed by atoms with E-state index in [1.165, 1.54) is 24.3 Å². The third kappa shape index (κ3) is 4.46. The minimum Gasteiger partial charge on any atom is -0.506 e. The van der Waals surface area contributed by atoms with Crippen LogP contribution in [0.4, 0.5) is 17.1 Å². The normalized spacial score (nSPS) is 13.5. The van der Waals surface area contributed by atoms with Crippen LogP contribution in [0.25, 0.3) is 0 Å². The number of phenolic OH excluding ortho intramolecular Hbond substituents is 1. The first-order valence-corrected chi connectivity index (χ1v) is 11.0. The maximum absolute atomic E-state index is 13.1. The zero-order valence-electron chi connectivity index (χ0n) is 17.5. The smallest absolute Gasteiger partial charge is 0.283 e. The third-order valence-corrected chi connectivity index (χ3v) is 6.10. The van der Waals surface area contributed by atoms with Crippen LogP contribution in [0.1, 0.15) is 15.9 Å². The molecule has 0 bridgehead atoms. The SMILES string of the molecule is Cc1c(Cl)cccc1N1C(=O)C(Cl)=C(Nc2cccc(C(=O)Nc3cc(Cl)ccc3O)c2)C1=O. The van der Waals surface area contributed by atoms with Crippen LogP contribution in [0.3, 0.4) is 0 Å². The molecule has 7 nitrogen and oxygen atoms in total. The summed E-state index contributed by atoms with van der Waals surface area (Å²) in [7, 11) is 0. The molecule has 1 heterocycles. The lowest BCUT2D eigenvalue weighted by molar-refractivity contribution is -0.120. The molecule has 1 aliphatic rings. The summed E-state index contributed by atoms with van der Waals surface area (Å²) in [5.41, 5.74) is 1.47. The van der Waals surface area contributed by atoms with E-state index in [1.807, 2.05) is 0 Å². The van der Waals surface area contributed by atoms with Gasteiger partial charge in [0.2, 0.25) is 0 Å². The first kappa shape index (κ1) is 23.6. The Morgan fingerprint density at radius 1 is 0.941 bits per heavy atom. The molecule has 0 fully saturated rings. The highest BCUT2D eigenvalue weighted by atomic mass is 35.5. The van der Waals surface area contributed by atoms with Crippen molar-refractivity contribution in [1.29, 1.82) is 0 Å². The number of imide groups is 1. The number of amides is 3. The van der Waals surface area contributed by atoms with Gasteiger partial charge in [0.1, 0.15) is 16.5 Å². The van der Waals surface area contributed by atoms with Gasteiger partial charge < -0.3 is 15.7 Å². The predicted octanol–water partition coefficient (Wildman–Crippen LogP) is 5.70. The predicted molar refractivity (Wildman–Crippen MR) is 133 cm³/mol. The maximum atomic E-state index is 13.1. The Balaban J connectivity index is 1.57. The highest BCUT2D eigenvalue weighted by molar-refractivity contribution is 6.53. The molecule has 10 heteroatoms. The highest BCUT2D eigenvalue weighted by Crippen LogP contribution is 2.34. The molecule has 0 unspecified atom stereocenters. The molecule has 34 heavy (non-hydrogen) atoms. The molecule has 4 rings (SSSR count). The van der Waals surface area contributed by atoms with Crippen LogP contribution >= 0.6 is 34.8 Å². The van der Waals surface area contributed by atoms with Crippen LogP contribution in [0.2, 0.25) is 10.0 Å². The van der Waals surface area contributed by atoms with Crippen LogP contribution < -0.4 is 15.5 Å². The van der Waals surface area contributed by atoms with Crippen LogP contribution in [0.15, 0.2) is 71.4 Å². The Labute approximate surface area is 209 Å². The Morgan fingerprint density at radius 2 is 1.68 bits per heavy atom. The van der Waals surface area contributed by atoms with E-state index in [0.29, 0.717) is 27.0 Å². The van der Waals surface area contributed by atoms with Crippen molar-refractivity contribution in [3.63, 3.8) is 0 Å². The number of hydrogen-bond donors (Lipinski definition) is 3. The molecule has 3 aromatic rings. The molecular weight excluding hydrogens is 501 g/mol. The number of rotatable bonds is 5. The van der Waals surface area contributed by atoms with Gasteiger partial charge in [-0.05, 0) is 61.0 Å². The molecule has 172 valence electrons. The number of phenols is 1. The zero-order chi connectivity index (χ0) is 24.6. The van der Waals surface area contributed by atoms with Gasteiger partial charge in [0.15, 0.2) is 0 Å². The number of aromatic hydroxyl groups is 1. The number of halogens is 3. The van der Waals surface area contributed by atoms with Crippen molar-refractivity contribution >= 4 is 69.6 Å². The molecule has 0 radical (unpaired) electrons. The molecule has 0 spiro atoms. The Morgan fingerprint density at radius 3 is 2.44 bits per heavy atom. The van der Waals surface area contributed by atoms with E-state index in [0.717, 1.165) is 4.90 Å². The lowest BCUT2D eigenvalue weighted by atomic mass is 10.1. The van der Waals surface area contributed by atoms with Crippen molar-refractivity contribution in [2.24, 2.45) is 0 Å². The summed E-state index contributed by atoms with van der Waals surface area (Å²) in [6.45, 7) is 1.69. The molecule has 3 aromatic carbocycles. The number of anilines is 3. The standard InChI is InChI=1S/C24H16Cl3N3O4/c1-12-16(26)6-3-7-18(12)30-23(33)20(27)21(24(30)34)28-15-5-2-4-13(10-15)22(32)29-17-11-14(25)8-9-19(17)31/h2-11,28,31H,1H3,(H,29,32). The van der Waals surface area contributed by atoms with Crippen molar-refractivity contribution in [3.05, 3.63) is 92.6 Å². The van der Waals surface area contributed by atoms with Crippen LogP contribution in [-0.2, 0) is 9.59 Å². The number of nitrogens with one attached hydrogen (secondary N) is 2. The first-order chi connectivity index (χ1) is 16.2. The largest absolute Gasteiger partial charge is 0.506 e. The van der Waals surface area contributed by atoms with E-state index in [9.17, 15) is 19.5 Å². The fourth-order valence-electron chi connectivity index (χ4n) is 3.35. The number of benzene rings is 3. The van der Waals surface area contributed by atoms with Crippen LogP contribution in [0, 0.1) is 6.92 Å². The van der Waals surface area contributed by atoms with Gasteiger partial charge in [0.25, 0.3) is 17.7 Å². The van der Waals surface area contributed by atoms with Crippen molar-refractivity contribution in [1.82, 2.24) is 0 Å².